The fraction of sp³-hybridized carbons (Fsp3) is 1.00. The number of rotatable bonds is 2. The van der Waals surface area contributed by atoms with E-state index in [1.807, 2.05) is 0 Å². The van der Waals surface area contributed by atoms with Gasteiger partial charge in [-0.25, -0.2) is 0 Å². The van der Waals surface area contributed by atoms with Crippen molar-refractivity contribution in [2.24, 2.45) is 0 Å². The molecular formula is C6H13O2P. The van der Waals surface area contributed by atoms with E-state index in [-0.39, 0.29) is 9.03 Å². The predicted octanol–water partition coefficient (Wildman–Crippen LogP) is 1.84. The van der Waals surface area contributed by atoms with Gasteiger partial charge in [-0.05, 0) is 12.8 Å². The SMILES string of the molecule is OPOC1CCCCC1. The highest BCUT2D eigenvalue weighted by Crippen LogP contribution is 2.24. The van der Waals surface area contributed by atoms with Crippen molar-refractivity contribution in [1.29, 1.82) is 0 Å². The lowest BCUT2D eigenvalue weighted by atomic mass is 9.98. The number of hydrogen-bond acceptors (Lipinski definition) is 2. The van der Waals surface area contributed by atoms with Gasteiger partial charge in [0.05, 0.1) is 6.10 Å². The first-order chi connectivity index (χ1) is 4.43. The minimum absolute atomic E-state index is 0.311. The van der Waals surface area contributed by atoms with Crippen LogP contribution in [-0.4, -0.2) is 11.0 Å². The minimum Gasteiger partial charge on any atom is -0.352 e. The van der Waals surface area contributed by atoms with Crippen molar-refractivity contribution >= 4 is 9.03 Å². The van der Waals surface area contributed by atoms with Crippen molar-refractivity contribution < 1.29 is 9.42 Å². The minimum atomic E-state index is -0.311. The van der Waals surface area contributed by atoms with Gasteiger partial charge in [0.25, 0.3) is 0 Å². The molecule has 0 aromatic rings. The average Bonchev–Trinajstić information content (AvgIpc) is 1.91. The summed E-state index contributed by atoms with van der Waals surface area (Å²) in [6.07, 6.45) is 6.54. The fourth-order valence-electron chi connectivity index (χ4n) is 1.26. The summed E-state index contributed by atoms with van der Waals surface area (Å²) in [5, 5.41) is 0. The molecule has 0 saturated heterocycles. The lowest BCUT2D eigenvalue weighted by Gasteiger charge is -2.19. The molecule has 2 nitrogen and oxygen atoms in total. The second-order valence-electron chi connectivity index (χ2n) is 2.47. The van der Waals surface area contributed by atoms with Crippen LogP contribution in [0.15, 0.2) is 0 Å². The molecule has 1 unspecified atom stereocenters. The van der Waals surface area contributed by atoms with E-state index in [0.29, 0.717) is 6.10 Å². The van der Waals surface area contributed by atoms with E-state index in [9.17, 15) is 0 Å². The van der Waals surface area contributed by atoms with Gasteiger partial charge < -0.3 is 9.42 Å². The summed E-state index contributed by atoms with van der Waals surface area (Å²) in [6.45, 7) is 0. The lowest BCUT2D eigenvalue weighted by Crippen LogP contribution is -2.12. The third kappa shape index (κ3) is 2.61. The van der Waals surface area contributed by atoms with Crippen molar-refractivity contribution in [3.05, 3.63) is 0 Å². The van der Waals surface area contributed by atoms with Crippen LogP contribution in [0.2, 0.25) is 0 Å². The Balaban J connectivity index is 2.08. The van der Waals surface area contributed by atoms with Crippen LogP contribution in [0, 0.1) is 0 Å². The van der Waals surface area contributed by atoms with E-state index in [4.69, 9.17) is 9.42 Å². The molecule has 0 aliphatic heterocycles. The van der Waals surface area contributed by atoms with Crippen LogP contribution in [-0.2, 0) is 4.52 Å². The zero-order chi connectivity index (χ0) is 6.53. The number of hydrogen-bond donors (Lipinski definition) is 1. The van der Waals surface area contributed by atoms with Gasteiger partial charge >= 0.3 is 0 Å². The lowest BCUT2D eigenvalue weighted by molar-refractivity contribution is 0.164. The summed E-state index contributed by atoms with van der Waals surface area (Å²) in [7, 11) is -0.311. The maximum atomic E-state index is 8.42. The van der Waals surface area contributed by atoms with Gasteiger partial charge in [0.15, 0.2) is 9.03 Å². The second kappa shape index (κ2) is 4.21. The van der Waals surface area contributed by atoms with E-state index in [1.165, 1.54) is 19.3 Å². The standard InChI is InChI=1S/C6H13O2P/c7-9-8-6-4-2-1-3-5-6/h6-7,9H,1-5H2. The topological polar surface area (TPSA) is 29.5 Å². The summed E-state index contributed by atoms with van der Waals surface area (Å²) in [6, 6.07) is 0. The molecule has 0 bridgehead atoms. The molecule has 0 amide bonds. The highest BCUT2D eigenvalue weighted by Gasteiger charge is 2.12. The molecule has 1 aliphatic carbocycles. The fourth-order valence-corrected chi connectivity index (χ4v) is 1.64. The van der Waals surface area contributed by atoms with Gasteiger partial charge in [0.2, 0.25) is 0 Å². The molecule has 1 saturated carbocycles. The van der Waals surface area contributed by atoms with Crippen LogP contribution in [0.3, 0.4) is 0 Å². The van der Waals surface area contributed by atoms with Gasteiger partial charge in [-0.3, -0.25) is 0 Å². The van der Waals surface area contributed by atoms with Crippen molar-refractivity contribution in [2.45, 2.75) is 38.2 Å². The molecule has 9 heavy (non-hydrogen) atoms. The Kier molecular flexibility index (Phi) is 3.49. The van der Waals surface area contributed by atoms with Crippen LogP contribution < -0.4 is 0 Å². The molecule has 0 heterocycles. The molecule has 1 rings (SSSR count). The van der Waals surface area contributed by atoms with E-state index >= 15 is 0 Å². The Morgan fingerprint density at radius 1 is 1.22 bits per heavy atom. The van der Waals surface area contributed by atoms with Crippen molar-refractivity contribution in [2.75, 3.05) is 0 Å². The summed E-state index contributed by atoms with van der Waals surface area (Å²) in [4.78, 5) is 8.42. The van der Waals surface area contributed by atoms with E-state index < -0.39 is 0 Å². The van der Waals surface area contributed by atoms with Gasteiger partial charge in [0, 0.05) is 0 Å². The third-order valence-corrected chi connectivity index (χ3v) is 2.21. The Morgan fingerprint density at radius 3 is 2.44 bits per heavy atom. The Hall–Kier alpha value is 0.350. The Labute approximate surface area is 57.6 Å². The first-order valence-electron chi connectivity index (χ1n) is 3.48. The highest BCUT2D eigenvalue weighted by atomic mass is 31.1. The zero-order valence-electron chi connectivity index (χ0n) is 5.47. The quantitative estimate of drug-likeness (QED) is 0.605. The summed E-state index contributed by atoms with van der Waals surface area (Å²) in [5.41, 5.74) is 0. The van der Waals surface area contributed by atoms with Gasteiger partial charge in [-0.1, -0.05) is 19.3 Å². The summed E-state index contributed by atoms with van der Waals surface area (Å²) < 4.78 is 5.07. The molecule has 0 aromatic heterocycles. The van der Waals surface area contributed by atoms with Crippen molar-refractivity contribution in [1.82, 2.24) is 0 Å². The van der Waals surface area contributed by atoms with E-state index in [2.05, 4.69) is 0 Å². The van der Waals surface area contributed by atoms with Crippen LogP contribution in [0.1, 0.15) is 32.1 Å². The first kappa shape index (κ1) is 7.46. The molecule has 1 N–H and O–H groups in total. The molecule has 0 radical (unpaired) electrons. The maximum absolute atomic E-state index is 8.42. The molecule has 0 spiro atoms. The van der Waals surface area contributed by atoms with Gasteiger partial charge in [-0.2, -0.15) is 0 Å². The monoisotopic (exact) mass is 148 g/mol. The molecule has 1 aliphatic rings. The summed E-state index contributed by atoms with van der Waals surface area (Å²) in [5.74, 6) is 0. The van der Waals surface area contributed by atoms with Gasteiger partial charge in [-0.15, -0.1) is 0 Å². The van der Waals surface area contributed by atoms with Crippen LogP contribution in [0.5, 0.6) is 0 Å². The smallest absolute Gasteiger partial charge is 0.152 e. The van der Waals surface area contributed by atoms with Crippen molar-refractivity contribution in [3.63, 3.8) is 0 Å². The molecule has 1 atom stereocenters. The Bertz CT molecular complexity index is 68.7. The molecule has 0 aromatic carbocycles. The largest absolute Gasteiger partial charge is 0.352 e. The van der Waals surface area contributed by atoms with Crippen LogP contribution in [0.25, 0.3) is 0 Å². The molecule has 3 heteroatoms. The molecule has 1 fully saturated rings. The highest BCUT2D eigenvalue weighted by molar-refractivity contribution is 7.25. The van der Waals surface area contributed by atoms with E-state index in [0.717, 1.165) is 12.8 Å². The first-order valence-corrected chi connectivity index (χ1v) is 4.34. The maximum Gasteiger partial charge on any atom is 0.152 e. The van der Waals surface area contributed by atoms with Crippen LogP contribution >= 0.6 is 9.03 Å². The predicted molar refractivity (Wildman–Crippen MR) is 38.5 cm³/mol. The normalized spacial score (nSPS) is 23.7. The van der Waals surface area contributed by atoms with Crippen LogP contribution in [0.4, 0.5) is 0 Å². The van der Waals surface area contributed by atoms with E-state index in [1.54, 1.807) is 0 Å². The second-order valence-corrected chi connectivity index (χ2v) is 2.89. The molecular weight excluding hydrogens is 135 g/mol. The third-order valence-electron chi connectivity index (χ3n) is 1.77. The zero-order valence-corrected chi connectivity index (χ0v) is 6.47. The van der Waals surface area contributed by atoms with Gasteiger partial charge in [0.1, 0.15) is 0 Å². The Morgan fingerprint density at radius 2 is 1.89 bits per heavy atom. The molecule has 54 valence electrons. The average molecular weight is 148 g/mol. The van der Waals surface area contributed by atoms with Crippen molar-refractivity contribution in [3.8, 4) is 0 Å². The summed E-state index contributed by atoms with van der Waals surface area (Å²) >= 11 is 0.